The molecule has 1 aliphatic heterocycles. The van der Waals surface area contributed by atoms with Crippen molar-refractivity contribution in [1.29, 1.82) is 0 Å². The number of carbonyl (C=O) groups is 4. The molecule has 174 valence electrons. The second-order valence-electron chi connectivity index (χ2n) is 7.24. The second-order valence-corrected chi connectivity index (χ2v) is 7.24. The summed E-state index contributed by atoms with van der Waals surface area (Å²) in [5, 5.41) is 0. The number of hydrogen-bond donors (Lipinski definition) is 0. The first-order valence-corrected chi connectivity index (χ1v) is 10.1. The van der Waals surface area contributed by atoms with Crippen molar-refractivity contribution >= 4 is 23.9 Å². The molecule has 0 saturated carbocycles. The van der Waals surface area contributed by atoms with Crippen LogP contribution in [0.15, 0.2) is 24.3 Å². The van der Waals surface area contributed by atoms with Gasteiger partial charge in [-0.05, 0) is 27.7 Å². The Morgan fingerprint density at radius 2 is 1.23 bits per heavy atom. The summed E-state index contributed by atoms with van der Waals surface area (Å²) in [5.74, 6) is -2.88. The summed E-state index contributed by atoms with van der Waals surface area (Å²) in [5.41, 5.74) is 0. The molecule has 1 atom stereocenters. The Kier molecular flexibility index (Phi) is 12.2. The molecule has 0 aliphatic carbocycles. The van der Waals surface area contributed by atoms with Crippen LogP contribution in [-0.2, 0) is 42.9 Å². The van der Waals surface area contributed by atoms with E-state index in [0.717, 1.165) is 24.3 Å². The molecular weight excluding hydrogens is 410 g/mol. The highest BCUT2D eigenvalue weighted by Crippen LogP contribution is 2.04. The van der Waals surface area contributed by atoms with Crippen molar-refractivity contribution in [3.8, 4) is 0 Å². The van der Waals surface area contributed by atoms with Crippen molar-refractivity contribution in [1.82, 2.24) is 4.90 Å². The van der Waals surface area contributed by atoms with Gasteiger partial charge in [-0.25, -0.2) is 19.2 Å². The number of carbonyl (C=O) groups excluding carboxylic acids is 4. The molecule has 1 unspecified atom stereocenters. The van der Waals surface area contributed by atoms with Crippen LogP contribution in [0.2, 0.25) is 0 Å². The molecule has 1 rings (SSSR count). The molecule has 10 heteroatoms. The average Bonchev–Trinajstić information content (AvgIpc) is 2.68. The van der Waals surface area contributed by atoms with Gasteiger partial charge in [0.05, 0.1) is 25.4 Å². The Hall–Kier alpha value is -2.72. The Bertz CT molecular complexity index is 664. The van der Waals surface area contributed by atoms with Gasteiger partial charge >= 0.3 is 23.9 Å². The number of rotatable bonds is 11. The van der Waals surface area contributed by atoms with Gasteiger partial charge in [-0.1, -0.05) is 0 Å². The first kappa shape index (κ1) is 26.3. The number of morpholine rings is 1. The quantitative estimate of drug-likeness (QED) is 0.259. The molecule has 31 heavy (non-hydrogen) atoms. The molecule has 1 fully saturated rings. The van der Waals surface area contributed by atoms with Crippen LogP contribution in [0, 0.1) is 0 Å². The minimum Gasteiger partial charge on any atom is -0.460 e. The summed E-state index contributed by atoms with van der Waals surface area (Å²) < 4.78 is 25.5. The molecule has 1 aliphatic rings. The fourth-order valence-corrected chi connectivity index (χ4v) is 2.44. The van der Waals surface area contributed by atoms with E-state index in [0.29, 0.717) is 32.8 Å². The topological polar surface area (TPSA) is 118 Å². The zero-order chi connectivity index (χ0) is 23.2. The number of nitrogens with zero attached hydrogens (tertiary/aromatic N) is 1. The van der Waals surface area contributed by atoms with Gasteiger partial charge < -0.3 is 23.7 Å². The van der Waals surface area contributed by atoms with Crippen molar-refractivity contribution in [3.05, 3.63) is 24.3 Å². The van der Waals surface area contributed by atoms with Gasteiger partial charge in [-0.2, -0.15) is 0 Å². The smallest absolute Gasteiger partial charge is 0.331 e. The van der Waals surface area contributed by atoms with Gasteiger partial charge in [0.1, 0.15) is 12.7 Å². The maximum absolute atomic E-state index is 12.1. The minimum atomic E-state index is -0.781. The Morgan fingerprint density at radius 3 is 1.71 bits per heavy atom. The van der Waals surface area contributed by atoms with Crippen molar-refractivity contribution in [2.45, 2.75) is 46.0 Å². The Labute approximate surface area is 182 Å². The lowest BCUT2D eigenvalue weighted by Gasteiger charge is -2.29. The largest absolute Gasteiger partial charge is 0.460 e. The van der Waals surface area contributed by atoms with Crippen molar-refractivity contribution in [2.75, 3.05) is 39.5 Å². The van der Waals surface area contributed by atoms with E-state index < -0.39 is 30.0 Å². The lowest BCUT2D eigenvalue weighted by Crippen LogP contribution is -2.43. The number of ether oxygens (including phenoxy) is 5. The summed E-state index contributed by atoms with van der Waals surface area (Å²) in [6.07, 6.45) is 2.44. The molecule has 0 amide bonds. The molecule has 0 radical (unpaired) electrons. The van der Waals surface area contributed by atoms with Crippen LogP contribution >= 0.6 is 0 Å². The minimum absolute atomic E-state index is 0.226. The highest BCUT2D eigenvalue weighted by atomic mass is 16.6. The third-order valence-corrected chi connectivity index (χ3v) is 3.67. The van der Waals surface area contributed by atoms with Crippen molar-refractivity contribution in [2.24, 2.45) is 0 Å². The fraction of sp³-hybridized carbons (Fsp3) is 0.619. The molecule has 1 heterocycles. The fourth-order valence-electron chi connectivity index (χ4n) is 2.44. The molecule has 0 aromatic heterocycles. The molecule has 0 aromatic carbocycles. The van der Waals surface area contributed by atoms with E-state index in [9.17, 15) is 19.2 Å². The molecule has 0 N–H and O–H groups in total. The van der Waals surface area contributed by atoms with Crippen LogP contribution in [0.4, 0.5) is 0 Å². The normalized spacial score (nSPS) is 15.9. The van der Waals surface area contributed by atoms with E-state index in [1.807, 2.05) is 4.90 Å². The van der Waals surface area contributed by atoms with Gasteiger partial charge in [-0.15, -0.1) is 0 Å². The van der Waals surface area contributed by atoms with Gasteiger partial charge in [0.15, 0.2) is 0 Å². The number of hydrogen-bond acceptors (Lipinski definition) is 10. The van der Waals surface area contributed by atoms with Crippen molar-refractivity contribution < 1.29 is 42.9 Å². The molecule has 10 nitrogen and oxygen atoms in total. The third-order valence-electron chi connectivity index (χ3n) is 3.67. The Balaban J connectivity index is 2.62. The standard InChI is InChI=1S/C21H31NO9/c1-15(2)29-19(24)6-5-18(23)28-14-17(13-22-9-11-27-12-10-22)31-21(26)8-7-20(25)30-16(3)4/h5-8,15-17H,9-14H2,1-4H3/b6-5+,8-7+. The molecule has 1 saturated heterocycles. The highest BCUT2D eigenvalue weighted by molar-refractivity contribution is 5.92. The first-order valence-electron chi connectivity index (χ1n) is 10.1. The predicted molar refractivity (Wildman–Crippen MR) is 109 cm³/mol. The molecule has 0 aromatic rings. The first-order chi connectivity index (χ1) is 14.7. The van der Waals surface area contributed by atoms with Crippen LogP contribution in [0.5, 0.6) is 0 Å². The van der Waals surface area contributed by atoms with E-state index in [1.165, 1.54) is 0 Å². The molecule has 0 bridgehead atoms. The van der Waals surface area contributed by atoms with Gasteiger partial charge in [0.25, 0.3) is 0 Å². The van der Waals surface area contributed by atoms with E-state index >= 15 is 0 Å². The third kappa shape index (κ3) is 13.2. The molecule has 0 spiro atoms. The summed E-state index contributed by atoms with van der Waals surface area (Å²) in [4.78, 5) is 48.9. The van der Waals surface area contributed by atoms with Crippen LogP contribution in [0.1, 0.15) is 27.7 Å². The van der Waals surface area contributed by atoms with Crippen LogP contribution in [0.3, 0.4) is 0 Å². The molecular formula is C21H31NO9. The lowest BCUT2D eigenvalue weighted by atomic mass is 10.3. The highest BCUT2D eigenvalue weighted by Gasteiger charge is 2.21. The number of esters is 4. The van der Waals surface area contributed by atoms with E-state index in [-0.39, 0.29) is 18.8 Å². The summed E-state index contributed by atoms with van der Waals surface area (Å²) in [6, 6.07) is 0. The van der Waals surface area contributed by atoms with E-state index in [1.54, 1.807) is 27.7 Å². The van der Waals surface area contributed by atoms with Crippen molar-refractivity contribution in [3.63, 3.8) is 0 Å². The lowest BCUT2D eigenvalue weighted by molar-refractivity contribution is -0.154. The van der Waals surface area contributed by atoms with E-state index in [2.05, 4.69) is 0 Å². The average molecular weight is 441 g/mol. The van der Waals surface area contributed by atoms with Gasteiger partial charge in [0, 0.05) is 43.9 Å². The SMILES string of the molecule is CC(C)OC(=O)/C=C/C(=O)OCC(CN1CCOCC1)OC(=O)/C=C/C(=O)OC(C)C. The summed E-state index contributed by atoms with van der Waals surface area (Å²) in [7, 11) is 0. The zero-order valence-corrected chi connectivity index (χ0v) is 18.4. The second kappa shape index (κ2) is 14.3. The van der Waals surface area contributed by atoms with Crippen LogP contribution < -0.4 is 0 Å². The van der Waals surface area contributed by atoms with Crippen LogP contribution in [0.25, 0.3) is 0 Å². The maximum Gasteiger partial charge on any atom is 0.331 e. The summed E-state index contributed by atoms with van der Waals surface area (Å²) >= 11 is 0. The monoisotopic (exact) mass is 441 g/mol. The maximum atomic E-state index is 12.1. The zero-order valence-electron chi connectivity index (χ0n) is 18.4. The van der Waals surface area contributed by atoms with Crippen LogP contribution in [-0.4, -0.2) is 86.5 Å². The van der Waals surface area contributed by atoms with E-state index in [4.69, 9.17) is 23.7 Å². The van der Waals surface area contributed by atoms with Gasteiger partial charge in [0.2, 0.25) is 0 Å². The Morgan fingerprint density at radius 1 is 0.774 bits per heavy atom. The summed E-state index contributed by atoms with van der Waals surface area (Å²) in [6.45, 7) is 9.20. The van der Waals surface area contributed by atoms with Gasteiger partial charge in [-0.3, -0.25) is 4.90 Å². The predicted octanol–water partition coefficient (Wildman–Crippen LogP) is 0.789.